The van der Waals surface area contributed by atoms with Gasteiger partial charge in [-0.25, -0.2) is 9.18 Å². The maximum absolute atomic E-state index is 14.6. The van der Waals surface area contributed by atoms with Crippen LogP contribution >= 0.6 is 0 Å². The fraction of sp³-hybridized carbons (Fsp3) is 0.533. The van der Waals surface area contributed by atoms with Gasteiger partial charge in [0.25, 0.3) is 0 Å². The van der Waals surface area contributed by atoms with E-state index in [0.717, 1.165) is 6.07 Å². The molecule has 4 N–H and O–H groups in total. The van der Waals surface area contributed by atoms with Gasteiger partial charge >= 0.3 is 12.1 Å². The van der Waals surface area contributed by atoms with E-state index >= 15 is 0 Å². The lowest BCUT2D eigenvalue weighted by Crippen LogP contribution is -2.28. The van der Waals surface area contributed by atoms with Gasteiger partial charge in [0.2, 0.25) is 0 Å². The van der Waals surface area contributed by atoms with Crippen LogP contribution in [0, 0.1) is 11.7 Å². The number of nitrogens with two attached hydrogens (primary N) is 1. The Labute approximate surface area is 130 Å². The summed E-state index contributed by atoms with van der Waals surface area (Å²) in [6.45, 7) is 0. The Balaban J connectivity index is 2.38. The van der Waals surface area contributed by atoms with Crippen molar-refractivity contribution in [1.29, 1.82) is 0 Å². The van der Waals surface area contributed by atoms with Crippen molar-refractivity contribution in [3.05, 3.63) is 23.0 Å². The van der Waals surface area contributed by atoms with Gasteiger partial charge in [0.15, 0.2) is 0 Å². The Morgan fingerprint density at radius 1 is 1.30 bits per heavy atom. The van der Waals surface area contributed by atoms with Gasteiger partial charge in [0.05, 0.1) is 22.9 Å². The number of alkyl halides is 3. The third-order valence-electron chi connectivity index (χ3n) is 4.41. The molecule has 0 aliphatic heterocycles. The van der Waals surface area contributed by atoms with E-state index in [0.29, 0.717) is 0 Å². The maximum atomic E-state index is 14.6. The molecule has 0 spiro atoms. The molecule has 2 rings (SSSR count). The molecule has 0 unspecified atom stereocenters. The molecule has 1 aromatic carbocycles. The van der Waals surface area contributed by atoms with E-state index < -0.39 is 35.4 Å². The van der Waals surface area contributed by atoms with Crippen molar-refractivity contribution in [2.75, 3.05) is 18.1 Å². The van der Waals surface area contributed by atoms with Gasteiger partial charge in [-0.3, -0.25) is 0 Å². The maximum Gasteiger partial charge on any atom is 0.391 e. The zero-order valence-electron chi connectivity index (χ0n) is 12.5. The molecule has 1 fully saturated rings. The molecule has 0 amide bonds. The molecule has 128 valence electrons. The van der Waals surface area contributed by atoms with E-state index in [9.17, 15) is 22.4 Å². The van der Waals surface area contributed by atoms with E-state index in [2.05, 4.69) is 5.32 Å². The number of nitrogen functional groups attached to an aromatic ring is 1. The third kappa shape index (κ3) is 3.35. The van der Waals surface area contributed by atoms with E-state index in [1.165, 1.54) is 7.05 Å². The molecule has 0 heterocycles. The summed E-state index contributed by atoms with van der Waals surface area (Å²) in [5.74, 6) is -4.26. The van der Waals surface area contributed by atoms with Crippen LogP contribution in [0.1, 0.15) is 47.5 Å². The monoisotopic (exact) mass is 334 g/mol. The highest BCUT2D eigenvalue weighted by Gasteiger charge is 2.42. The summed E-state index contributed by atoms with van der Waals surface area (Å²) in [4.78, 5) is 11.1. The summed E-state index contributed by atoms with van der Waals surface area (Å²) in [6, 6.07) is 1.02. The Morgan fingerprint density at radius 3 is 2.30 bits per heavy atom. The van der Waals surface area contributed by atoms with Gasteiger partial charge < -0.3 is 16.2 Å². The number of hydrogen-bond acceptors (Lipinski definition) is 3. The van der Waals surface area contributed by atoms with Crippen molar-refractivity contribution in [2.24, 2.45) is 5.92 Å². The molecule has 0 bridgehead atoms. The highest BCUT2D eigenvalue weighted by molar-refractivity contribution is 5.92. The molecule has 1 aliphatic carbocycles. The van der Waals surface area contributed by atoms with E-state index in [4.69, 9.17) is 10.8 Å². The molecular formula is C15H18F4N2O2. The average Bonchev–Trinajstić information content (AvgIpc) is 2.47. The van der Waals surface area contributed by atoms with Crippen LogP contribution < -0.4 is 11.1 Å². The number of benzene rings is 1. The van der Waals surface area contributed by atoms with Crippen molar-refractivity contribution in [3.8, 4) is 0 Å². The zero-order chi connectivity index (χ0) is 17.4. The Hall–Kier alpha value is -1.99. The number of carbonyl (C=O) groups is 1. The number of hydrogen-bond donors (Lipinski definition) is 3. The lowest BCUT2D eigenvalue weighted by atomic mass is 9.77. The molecule has 0 atom stereocenters. The van der Waals surface area contributed by atoms with Crippen LogP contribution in [0.5, 0.6) is 0 Å². The highest BCUT2D eigenvalue weighted by Crippen LogP contribution is 2.46. The predicted octanol–water partition coefficient (Wildman–Crippen LogP) is 3.98. The molecule has 0 saturated heterocycles. The van der Waals surface area contributed by atoms with Gasteiger partial charge in [-0.15, -0.1) is 0 Å². The predicted molar refractivity (Wildman–Crippen MR) is 78.1 cm³/mol. The van der Waals surface area contributed by atoms with Crippen LogP contribution in [0.2, 0.25) is 0 Å². The topological polar surface area (TPSA) is 75.3 Å². The summed E-state index contributed by atoms with van der Waals surface area (Å²) in [5, 5.41) is 11.8. The lowest BCUT2D eigenvalue weighted by Gasteiger charge is -2.31. The van der Waals surface area contributed by atoms with Crippen LogP contribution in [0.15, 0.2) is 6.07 Å². The number of carboxylic acids is 1. The molecule has 0 aromatic heterocycles. The van der Waals surface area contributed by atoms with Gasteiger partial charge in [-0.1, -0.05) is 0 Å². The SMILES string of the molecule is CNc1c(N)cc(C(=O)O)c(F)c1C1CCC(C(F)(F)F)CC1. The van der Waals surface area contributed by atoms with E-state index in [1.54, 1.807) is 0 Å². The minimum Gasteiger partial charge on any atom is -0.478 e. The molecule has 1 aliphatic rings. The first-order valence-corrected chi connectivity index (χ1v) is 7.26. The minimum absolute atomic E-state index is 0.0687. The molecule has 23 heavy (non-hydrogen) atoms. The van der Waals surface area contributed by atoms with Crippen molar-refractivity contribution < 1.29 is 27.5 Å². The molecular weight excluding hydrogens is 316 g/mol. The fourth-order valence-corrected chi connectivity index (χ4v) is 3.23. The van der Waals surface area contributed by atoms with Crippen molar-refractivity contribution in [1.82, 2.24) is 0 Å². The van der Waals surface area contributed by atoms with Gasteiger partial charge in [0.1, 0.15) is 5.82 Å². The van der Waals surface area contributed by atoms with Crippen LogP contribution in [0.25, 0.3) is 0 Å². The van der Waals surface area contributed by atoms with Gasteiger partial charge in [-0.05, 0) is 37.7 Å². The van der Waals surface area contributed by atoms with Crippen LogP contribution in [0.3, 0.4) is 0 Å². The summed E-state index contributed by atoms with van der Waals surface area (Å²) < 4.78 is 52.8. The normalized spacial score (nSPS) is 22.0. The fourth-order valence-electron chi connectivity index (χ4n) is 3.23. The summed E-state index contributed by atoms with van der Waals surface area (Å²) in [6.07, 6.45) is -4.18. The molecule has 1 aromatic rings. The first-order chi connectivity index (χ1) is 10.7. The first kappa shape index (κ1) is 17.4. The highest BCUT2D eigenvalue weighted by atomic mass is 19.4. The van der Waals surface area contributed by atoms with Gasteiger partial charge in [-0.2, -0.15) is 13.2 Å². The third-order valence-corrected chi connectivity index (χ3v) is 4.41. The quantitative estimate of drug-likeness (QED) is 0.577. The largest absolute Gasteiger partial charge is 0.478 e. The Kier molecular flexibility index (Phi) is 4.72. The van der Waals surface area contributed by atoms with Crippen LogP contribution in [-0.4, -0.2) is 24.3 Å². The number of nitrogens with one attached hydrogen (secondary N) is 1. The number of anilines is 2. The Morgan fingerprint density at radius 2 is 1.87 bits per heavy atom. The molecule has 4 nitrogen and oxygen atoms in total. The first-order valence-electron chi connectivity index (χ1n) is 7.26. The summed E-state index contributed by atoms with van der Waals surface area (Å²) in [5.41, 5.74) is 5.61. The van der Waals surface area contributed by atoms with Crippen molar-refractivity contribution in [3.63, 3.8) is 0 Å². The van der Waals surface area contributed by atoms with Crippen LogP contribution in [-0.2, 0) is 0 Å². The molecule has 1 saturated carbocycles. The summed E-state index contributed by atoms with van der Waals surface area (Å²) >= 11 is 0. The standard InChI is InChI=1S/C15H18F4N2O2/c1-21-13-10(20)6-9(14(22)23)12(16)11(13)7-2-4-8(5-3-7)15(17,18)19/h6-8,21H,2-5,20H2,1H3,(H,22,23). The van der Waals surface area contributed by atoms with Crippen molar-refractivity contribution in [2.45, 2.75) is 37.8 Å². The second-order valence-electron chi connectivity index (χ2n) is 5.76. The second-order valence-corrected chi connectivity index (χ2v) is 5.76. The minimum atomic E-state index is -4.25. The van der Waals surface area contributed by atoms with Crippen molar-refractivity contribution >= 4 is 17.3 Å². The van der Waals surface area contributed by atoms with Crippen LogP contribution in [0.4, 0.5) is 28.9 Å². The second kappa shape index (κ2) is 6.25. The van der Waals surface area contributed by atoms with E-state index in [1.807, 2.05) is 0 Å². The lowest BCUT2D eigenvalue weighted by molar-refractivity contribution is -0.182. The molecule has 8 heteroatoms. The zero-order valence-corrected chi connectivity index (χ0v) is 12.5. The Bertz CT molecular complexity index is 608. The average molecular weight is 334 g/mol. The summed E-state index contributed by atoms with van der Waals surface area (Å²) in [7, 11) is 1.51. The van der Waals surface area contributed by atoms with Gasteiger partial charge in [0, 0.05) is 12.6 Å². The van der Waals surface area contributed by atoms with E-state index in [-0.39, 0.29) is 42.6 Å². The number of aromatic carboxylic acids is 1. The number of halogens is 4. The number of rotatable bonds is 3. The number of carboxylic acid groups (broad SMARTS) is 1. The molecule has 0 radical (unpaired) electrons. The smallest absolute Gasteiger partial charge is 0.391 e.